The van der Waals surface area contributed by atoms with Crippen LogP contribution < -0.4 is 25.6 Å². The standard InChI is InChI=1S/C25H35F2N9O4/c1-4-16-12-17(6-9-28-16)40-24(38)34-19-7-10-29-22(32-19)36-11-8-25(26,27)18(15-36)35(3)23(37)33-20-13-31-21(14-30-20)39-5-2/h7,10,13-14,16-18,28H,4-6,8-9,11-12,15H2,1-3H3,(H,30,33,37)(H,29,32,34,38)/t16-,17-,18?/m1/s1. The van der Waals surface area contributed by atoms with Crippen molar-refractivity contribution in [3.05, 3.63) is 24.7 Å². The molecular formula is C25H35F2N9O4. The summed E-state index contributed by atoms with van der Waals surface area (Å²) in [5.74, 6) is -2.44. The first-order chi connectivity index (χ1) is 19.2. The van der Waals surface area contributed by atoms with Crippen LogP contribution in [0.1, 0.15) is 39.5 Å². The maximum atomic E-state index is 15.0. The first-order valence-electron chi connectivity index (χ1n) is 13.3. The van der Waals surface area contributed by atoms with Crippen molar-refractivity contribution in [2.45, 2.75) is 63.6 Å². The third kappa shape index (κ3) is 7.40. The van der Waals surface area contributed by atoms with E-state index in [1.165, 1.54) is 31.7 Å². The van der Waals surface area contributed by atoms with Crippen molar-refractivity contribution in [2.24, 2.45) is 0 Å². The Bertz CT molecular complexity index is 1160. The molecule has 1 unspecified atom stereocenters. The largest absolute Gasteiger partial charge is 0.477 e. The Kier molecular flexibility index (Phi) is 9.45. The molecule has 2 aromatic heterocycles. The molecule has 2 aliphatic heterocycles. The van der Waals surface area contributed by atoms with E-state index in [2.05, 4.69) is 42.8 Å². The molecule has 0 saturated carbocycles. The quantitative estimate of drug-likeness (QED) is 0.438. The molecule has 0 spiro atoms. The van der Waals surface area contributed by atoms with Crippen LogP contribution in [-0.4, -0.2) is 94.4 Å². The van der Waals surface area contributed by atoms with Crippen LogP contribution >= 0.6 is 0 Å². The summed E-state index contributed by atoms with van der Waals surface area (Å²) in [5.41, 5.74) is 0. The van der Waals surface area contributed by atoms with Crippen LogP contribution in [-0.2, 0) is 4.74 Å². The Morgan fingerprint density at radius 2 is 2.02 bits per heavy atom. The maximum absolute atomic E-state index is 15.0. The lowest BCUT2D eigenvalue weighted by Gasteiger charge is -2.42. The van der Waals surface area contributed by atoms with Crippen LogP contribution in [0, 0.1) is 0 Å². The number of carbonyl (C=O) groups is 2. The van der Waals surface area contributed by atoms with Crippen LogP contribution in [0.3, 0.4) is 0 Å². The lowest BCUT2D eigenvalue weighted by Crippen LogP contribution is -2.60. The molecule has 2 saturated heterocycles. The van der Waals surface area contributed by atoms with Crippen molar-refractivity contribution in [2.75, 3.05) is 48.8 Å². The molecule has 2 aliphatic rings. The minimum absolute atomic E-state index is 0.0370. The summed E-state index contributed by atoms with van der Waals surface area (Å²) in [6.07, 6.45) is 5.08. The highest BCUT2D eigenvalue weighted by Gasteiger charge is 2.48. The predicted molar refractivity (Wildman–Crippen MR) is 143 cm³/mol. The van der Waals surface area contributed by atoms with Gasteiger partial charge in [-0.1, -0.05) is 6.92 Å². The van der Waals surface area contributed by atoms with Gasteiger partial charge in [-0.15, -0.1) is 0 Å². The summed E-state index contributed by atoms with van der Waals surface area (Å²) in [7, 11) is 1.29. The lowest BCUT2D eigenvalue weighted by molar-refractivity contribution is -0.0760. The number of halogens is 2. The average Bonchev–Trinajstić information content (AvgIpc) is 2.94. The fraction of sp³-hybridized carbons (Fsp3) is 0.600. The number of ether oxygens (including phenoxy) is 2. The van der Waals surface area contributed by atoms with E-state index in [-0.39, 0.29) is 42.7 Å². The number of aromatic nitrogens is 4. The van der Waals surface area contributed by atoms with Gasteiger partial charge < -0.3 is 24.6 Å². The number of amides is 3. The van der Waals surface area contributed by atoms with E-state index in [1.54, 1.807) is 11.8 Å². The molecule has 40 heavy (non-hydrogen) atoms. The summed E-state index contributed by atoms with van der Waals surface area (Å²) in [6.45, 7) is 4.78. The topological polar surface area (TPSA) is 147 Å². The molecule has 3 atom stereocenters. The fourth-order valence-corrected chi connectivity index (χ4v) is 4.65. The fourth-order valence-electron chi connectivity index (χ4n) is 4.65. The van der Waals surface area contributed by atoms with Gasteiger partial charge in [0.25, 0.3) is 5.92 Å². The van der Waals surface area contributed by atoms with E-state index in [4.69, 9.17) is 9.47 Å². The van der Waals surface area contributed by atoms with Gasteiger partial charge in [-0.3, -0.25) is 10.6 Å². The normalized spacial score (nSPS) is 22.2. The number of nitrogens with zero attached hydrogens (tertiary/aromatic N) is 6. The Morgan fingerprint density at radius 1 is 1.20 bits per heavy atom. The second-order valence-corrected chi connectivity index (χ2v) is 9.66. The Morgan fingerprint density at radius 3 is 2.75 bits per heavy atom. The number of piperidine rings is 2. The summed E-state index contributed by atoms with van der Waals surface area (Å²) >= 11 is 0. The van der Waals surface area contributed by atoms with Gasteiger partial charge in [-0.05, 0) is 38.8 Å². The molecule has 3 amide bonds. The van der Waals surface area contributed by atoms with Gasteiger partial charge in [-0.2, -0.15) is 4.98 Å². The van der Waals surface area contributed by atoms with E-state index in [9.17, 15) is 18.4 Å². The van der Waals surface area contributed by atoms with Crippen molar-refractivity contribution in [3.8, 4) is 5.88 Å². The number of likely N-dealkylation sites (N-methyl/N-ethyl adjacent to an activating group) is 1. The summed E-state index contributed by atoms with van der Waals surface area (Å²) in [5, 5.41) is 8.46. The monoisotopic (exact) mass is 563 g/mol. The van der Waals surface area contributed by atoms with Crippen LogP contribution in [0.25, 0.3) is 0 Å². The minimum Gasteiger partial charge on any atom is -0.477 e. The summed E-state index contributed by atoms with van der Waals surface area (Å²) in [6, 6.07) is -0.451. The minimum atomic E-state index is -3.15. The van der Waals surface area contributed by atoms with E-state index in [0.29, 0.717) is 19.1 Å². The second kappa shape index (κ2) is 13.0. The molecule has 13 nitrogen and oxygen atoms in total. The maximum Gasteiger partial charge on any atom is 0.413 e. The van der Waals surface area contributed by atoms with Crippen molar-refractivity contribution in [1.29, 1.82) is 0 Å². The van der Waals surface area contributed by atoms with E-state index < -0.39 is 30.5 Å². The first kappa shape index (κ1) is 29.1. The van der Waals surface area contributed by atoms with Crippen molar-refractivity contribution < 1.29 is 27.8 Å². The van der Waals surface area contributed by atoms with Crippen molar-refractivity contribution >= 4 is 29.7 Å². The highest BCUT2D eigenvalue weighted by molar-refractivity contribution is 5.88. The lowest BCUT2D eigenvalue weighted by atomic mass is 10.00. The zero-order valence-electron chi connectivity index (χ0n) is 22.8. The number of nitrogens with one attached hydrogen (secondary N) is 3. The number of hydrogen-bond acceptors (Lipinski definition) is 10. The molecule has 15 heteroatoms. The number of anilines is 3. The molecule has 2 aromatic rings. The van der Waals surface area contributed by atoms with Gasteiger partial charge in [-0.25, -0.2) is 33.3 Å². The molecular weight excluding hydrogens is 528 g/mol. The molecule has 4 heterocycles. The Hall–Kier alpha value is -3.88. The number of carbonyl (C=O) groups excluding carboxylic acids is 2. The van der Waals surface area contributed by atoms with Crippen molar-refractivity contribution in [3.63, 3.8) is 0 Å². The van der Waals surface area contributed by atoms with Gasteiger partial charge in [0.2, 0.25) is 11.8 Å². The molecule has 0 radical (unpaired) electrons. The van der Waals surface area contributed by atoms with Gasteiger partial charge in [0.1, 0.15) is 18.0 Å². The predicted octanol–water partition coefficient (Wildman–Crippen LogP) is 3.12. The molecule has 3 N–H and O–H groups in total. The van der Waals surface area contributed by atoms with Crippen LogP contribution in [0.15, 0.2) is 24.7 Å². The molecule has 0 aromatic carbocycles. The van der Waals surface area contributed by atoms with Crippen LogP contribution in [0.2, 0.25) is 0 Å². The zero-order valence-corrected chi connectivity index (χ0v) is 22.8. The van der Waals surface area contributed by atoms with Gasteiger partial charge >= 0.3 is 12.1 Å². The molecule has 0 bridgehead atoms. The van der Waals surface area contributed by atoms with E-state index in [0.717, 1.165) is 24.3 Å². The number of alkyl halides is 2. The van der Waals surface area contributed by atoms with Crippen molar-refractivity contribution in [1.82, 2.24) is 30.2 Å². The third-order valence-electron chi connectivity index (χ3n) is 6.91. The third-order valence-corrected chi connectivity index (χ3v) is 6.91. The highest BCUT2D eigenvalue weighted by atomic mass is 19.3. The van der Waals surface area contributed by atoms with Gasteiger partial charge in [0, 0.05) is 38.8 Å². The SMILES string of the molecule is CCOc1cnc(NC(=O)N(C)C2CN(c3nccc(NC(=O)O[C@@H]4CCN[C@H](CC)C4)n3)CCC2(F)F)cn1. The number of urea groups is 1. The smallest absolute Gasteiger partial charge is 0.413 e. The molecule has 2 fully saturated rings. The molecule has 218 valence electrons. The molecule has 4 rings (SSSR count). The van der Waals surface area contributed by atoms with Crippen LogP contribution in [0.5, 0.6) is 5.88 Å². The molecule has 0 aliphatic carbocycles. The number of hydrogen-bond donors (Lipinski definition) is 3. The second-order valence-electron chi connectivity index (χ2n) is 9.66. The van der Waals surface area contributed by atoms with E-state index >= 15 is 0 Å². The van der Waals surface area contributed by atoms with Crippen LogP contribution in [0.4, 0.5) is 36.0 Å². The summed E-state index contributed by atoms with van der Waals surface area (Å²) in [4.78, 5) is 44.3. The first-order valence-corrected chi connectivity index (χ1v) is 13.3. The van der Waals surface area contributed by atoms with Gasteiger partial charge in [0.05, 0.1) is 19.0 Å². The Labute approximate surface area is 231 Å². The Balaban J connectivity index is 1.37. The number of rotatable bonds is 8. The zero-order chi connectivity index (χ0) is 28.7. The summed E-state index contributed by atoms with van der Waals surface area (Å²) < 4.78 is 40.7. The van der Waals surface area contributed by atoms with E-state index in [1.807, 2.05) is 0 Å². The highest BCUT2D eigenvalue weighted by Crippen LogP contribution is 2.33. The average molecular weight is 564 g/mol. The van der Waals surface area contributed by atoms with Gasteiger partial charge in [0.15, 0.2) is 5.82 Å².